The van der Waals surface area contributed by atoms with Gasteiger partial charge >= 0.3 is 5.82 Å². The van der Waals surface area contributed by atoms with Crippen molar-refractivity contribution in [2.45, 2.75) is 83.0 Å². The van der Waals surface area contributed by atoms with Crippen LogP contribution in [0.4, 0.5) is 0 Å². The molecule has 2 aliphatic heterocycles. The fraction of sp³-hybridized carbons (Fsp3) is 0.219. The molecule has 3 aliphatic rings. The average molecular weight is 914 g/mol. The van der Waals surface area contributed by atoms with E-state index in [0.717, 1.165) is 80.9 Å². The molecule has 1 fully saturated rings. The first kappa shape index (κ1) is 42.1. The van der Waals surface area contributed by atoms with Crippen molar-refractivity contribution >= 4 is 51.9 Å². The zero-order valence-electron chi connectivity index (χ0n) is 40.1. The van der Waals surface area contributed by atoms with Gasteiger partial charge < -0.3 is 4.42 Å². The molecule has 2 unspecified atom stereocenters. The molecule has 4 nitrogen and oxygen atoms in total. The van der Waals surface area contributed by atoms with E-state index in [9.17, 15) is 0 Å². The number of hydrogen-bond acceptors (Lipinski definition) is 1. The number of fused-ring (bicyclic) bond motifs is 15. The van der Waals surface area contributed by atoms with E-state index in [0.29, 0.717) is 0 Å². The molecule has 0 bridgehead atoms. The molecule has 0 amide bonds. The highest BCUT2D eigenvalue weighted by atomic mass is 28.3. The maximum atomic E-state index is 7.16. The summed E-state index contributed by atoms with van der Waals surface area (Å²) in [5.41, 5.74) is 19.2. The second kappa shape index (κ2) is 16.6. The summed E-state index contributed by atoms with van der Waals surface area (Å²) in [6.07, 6.45) is 12.0. The zero-order valence-corrected chi connectivity index (χ0v) is 41.1. The van der Waals surface area contributed by atoms with Crippen LogP contribution in [-0.2, 0) is 12.8 Å². The Morgan fingerprint density at radius 1 is 0.667 bits per heavy atom. The third-order valence-electron chi connectivity index (χ3n) is 16.0. The third kappa shape index (κ3) is 6.99. The maximum Gasteiger partial charge on any atom is 0.304 e. The summed E-state index contributed by atoms with van der Waals surface area (Å²) in [6.45, 7) is 12.9. The van der Waals surface area contributed by atoms with Gasteiger partial charge in [0.15, 0.2) is 28.9 Å². The van der Waals surface area contributed by atoms with Gasteiger partial charge in [-0.1, -0.05) is 179 Å². The Morgan fingerprint density at radius 3 is 2.20 bits per heavy atom. The Bertz CT molecular complexity index is 3640. The predicted octanol–water partition coefficient (Wildman–Crippen LogP) is 15.2. The van der Waals surface area contributed by atoms with Crippen LogP contribution in [0.3, 0.4) is 0 Å². The number of benzene rings is 7. The Kier molecular flexibility index (Phi) is 10.1. The molecular formula is C64H59N3OSi+2. The van der Waals surface area contributed by atoms with Crippen LogP contribution in [-0.4, -0.2) is 12.6 Å². The summed E-state index contributed by atoms with van der Waals surface area (Å²) in [6, 6.07) is 63.2. The number of furan rings is 1. The number of allylic oxidation sites excluding steroid dienone is 1. The van der Waals surface area contributed by atoms with Gasteiger partial charge in [-0.15, -0.1) is 0 Å². The van der Waals surface area contributed by atoms with Gasteiger partial charge in [0.25, 0.3) is 0 Å². The molecule has 2 atom stereocenters. The molecule has 0 radical (unpaired) electrons. The van der Waals surface area contributed by atoms with Crippen molar-refractivity contribution in [3.05, 3.63) is 199 Å². The van der Waals surface area contributed by atoms with Crippen molar-refractivity contribution < 1.29 is 13.6 Å². The van der Waals surface area contributed by atoms with Gasteiger partial charge in [0.05, 0.1) is 14.5 Å². The van der Waals surface area contributed by atoms with Crippen molar-refractivity contribution in [2.75, 3.05) is 0 Å². The molecule has 0 spiro atoms. The van der Waals surface area contributed by atoms with Gasteiger partial charge in [0, 0.05) is 39.1 Å². The van der Waals surface area contributed by atoms with Gasteiger partial charge in [0.2, 0.25) is 5.69 Å². The predicted molar refractivity (Wildman–Crippen MR) is 288 cm³/mol. The lowest BCUT2D eigenvalue weighted by Crippen LogP contribution is -2.54. The van der Waals surface area contributed by atoms with E-state index < -0.39 is 8.07 Å². The molecule has 5 heteroatoms. The summed E-state index contributed by atoms with van der Waals surface area (Å²) in [7, 11) is -1.76. The van der Waals surface area contributed by atoms with Crippen LogP contribution in [0.15, 0.2) is 187 Å². The standard InChI is InChI=1S/C64H59N3OSi/c1-42-37-57-52(50-25-13-14-26-51(50)58-40-48(38-43-19-11-12-20-43)61(41-65(57)58)69(2,3)4)35-31-46-32-36-54-53-27-15-18-30-60(53)68-63(54)62(46)64-66(42)55-28-16-17-29-56(55)67(64)59-39-47(44-21-7-5-8-22-44)33-34-49(59)45-23-9-6-10-24-45/h5-10,13-18,21-30,32-34,36,39-41,43,52,57H,1,11-12,19-20,31,35,37-38H2,2-4H3/q+2. The molecule has 338 valence electrons. The number of pyridine rings is 1. The highest BCUT2D eigenvalue weighted by Crippen LogP contribution is 2.48. The minimum atomic E-state index is -1.76. The molecule has 10 aromatic rings. The van der Waals surface area contributed by atoms with Crippen LogP contribution in [0, 0.1) is 5.92 Å². The first-order chi connectivity index (χ1) is 33.8. The second-order valence-corrected chi connectivity index (χ2v) is 26.2. The van der Waals surface area contributed by atoms with Gasteiger partial charge in [0.1, 0.15) is 22.5 Å². The summed E-state index contributed by atoms with van der Waals surface area (Å²) >= 11 is 0. The first-order valence-corrected chi connectivity index (χ1v) is 28.9. The zero-order chi connectivity index (χ0) is 46.4. The SMILES string of the molecule is C=C1CC2C(CCc3ccc4c(oc5ccccc54)c3-c3n(-c4cc(-c5ccccc5)ccc4-c4ccccc4)c4ccccc4[n+]31)c1ccccc1-c1cc(CC3CCCC3)c([Si](C)(C)C)c[n+]12. The molecule has 69 heavy (non-hydrogen) atoms. The highest BCUT2D eigenvalue weighted by Gasteiger charge is 2.45. The van der Waals surface area contributed by atoms with Crippen molar-refractivity contribution in [2.24, 2.45) is 5.92 Å². The Hall–Kier alpha value is -7.08. The van der Waals surface area contributed by atoms with Crippen LogP contribution >= 0.6 is 0 Å². The molecular weight excluding hydrogens is 855 g/mol. The van der Waals surface area contributed by atoms with E-state index in [1.807, 2.05) is 0 Å². The smallest absolute Gasteiger partial charge is 0.304 e. The van der Waals surface area contributed by atoms with E-state index in [4.69, 9.17) is 11.0 Å². The van der Waals surface area contributed by atoms with Crippen molar-refractivity contribution in [1.82, 2.24) is 4.57 Å². The topological polar surface area (TPSA) is 25.8 Å². The van der Waals surface area contributed by atoms with E-state index in [1.165, 1.54) is 76.7 Å². The Balaban J connectivity index is 1.11. The maximum absolute atomic E-state index is 7.16. The van der Waals surface area contributed by atoms with Crippen LogP contribution in [0.1, 0.15) is 67.2 Å². The lowest BCUT2D eigenvalue weighted by atomic mass is 9.77. The lowest BCUT2D eigenvalue weighted by molar-refractivity contribution is -0.719. The number of aryl methyl sites for hydroxylation is 1. The van der Waals surface area contributed by atoms with Gasteiger partial charge in [-0.2, -0.15) is 13.7 Å². The second-order valence-electron chi connectivity index (χ2n) is 21.2. The number of nitrogens with zero attached hydrogens (tertiary/aromatic N) is 3. The van der Waals surface area contributed by atoms with E-state index in [2.05, 4.69) is 209 Å². The molecule has 13 rings (SSSR count). The molecule has 7 aromatic carbocycles. The van der Waals surface area contributed by atoms with Crippen molar-refractivity contribution in [3.63, 3.8) is 0 Å². The van der Waals surface area contributed by atoms with Crippen LogP contribution in [0.25, 0.3) is 89.3 Å². The molecule has 0 saturated heterocycles. The minimum absolute atomic E-state index is 0.165. The van der Waals surface area contributed by atoms with E-state index in [-0.39, 0.29) is 12.0 Å². The molecule has 1 saturated carbocycles. The number of imidazole rings is 1. The molecule has 3 aromatic heterocycles. The summed E-state index contributed by atoms with van der Waals surface area (Å²) in [5, 5.41) is 3.89. The Morgan fingerprint density at radius 2 is 1.39 bits per heavy atom. The van der Waals surface area contributed by atoms with Gasteiger partial charge in [-0.3, -0.25) is 0 Å². The van der Waals surface area contributed by atoms with Crippen LogP contribution < -0.4 is 14.3 Å². The minimum Gasteiger partial charge on any atom is -0.455 e. The summed E-state index contributed by atoms with van der Waals surface area (Å²) < 4.78 is 15.0. The van der Waals surface area contributed by atoms with E-state index in [1.54, 1.807) is 10.8 Å². The number of rotatable bonds is 6. The summed E-state index contributed by atoms with van der Waals surface area (Å²) in [4.78, 5) is 0. The summed E-state index contributed by atoms with van der Waals surface area (Å²) in [5.74, 6) is 2.13. The number of hydrogen-bond donors (Lipinski definition) is 0. The van der Waals surface area contributed by atoms with Gasteiger partial charge in [-0.05, 0) is 95.0 Å². The average Bonchev–Trinajstić information content (AvgIpc) is 4.12. The van der Waals surface area contributed by atoms with Crippen LogP contribution in [0.2, 0.25) is 19.6 Å². The van der Waals surface area contributed by atoms with Gasteiger partial charge in [-0.25, -0.2) is 0 Å². The monoisotopic (exact) mass is 913 g/mol. The fourth-order valence-corrected chi connectivity index (χ4v) is 14.5. The lowest BCUT2D eigenvalue weighted by Gasteiger charge is -2.33. The Labute approximate surface area is 406 Å². The van der Waals surface area contributed by atoms with Crippen molar-refractivity contribution in [3.8, 4) is 50.6 Å². The third-order valence-corrected chi connectivity index (χ3v) is 18.1. The first-order valence-electron chi connectivity index (χ1n) is 25.4. The highest BCUT2D eigenvalue weighted by molar-refractivity contribution is 6.89. The van der Waals surface area contributed by atoms with E-state index >= 15 is 0 Å². The quantitative estimate of drug-likeness (QED) is 0.121. The van der Waals surface area contributed by atoms with Crippen molar-refractivity contribution in [1.29, 1.82) is 0 Å². The molecule has 0 N–H and O–H groups in total. The fourth-order valence-electron chi connectivity index (χ4n) is 12.8. The largest absolute Gasteiger partial charge is 0.455 e. The van der Waals surface area contributed by atoms with Crippen LogP contribution in [0.5, 0.6) is 0 Å². The normalized spacial score (nSPS) is 17.1. The number of para-hydroxylation sites is 3. The molecule has 1 aliphatic carbocycles. The number of aromatic nitrogens is 3. The molecule has 5 heterocycles.